The van der Waals surface area contributed by atoms with Crippen molar-refractivity contribution in [2.75, 3.05) is 34.3 Å². The molecule has 0 aliphatic carbocycles. The van der Waals surface area contributed by atoms with Crippen LogP contribution in [0.3, 0.4) is 0 Å². The minimum absolute atomic E-state index is 0.0214. The van der Waals surface area contributed by atoms with Gasteiger partial charge in [-0.25, -0.2) is 0 Å². The van der Waals surface area contributed by atoms with Crippen LogP contribution < -0.4 is 15.4 Å². The summed E-state index contributed by atoms with van der Waals surface area (Å²) in [5.41, 5.74) is 1.16. The molecule has 0 bridgehead atoms. The summed E-state index contributed by atoms with van der Waals surface area (Å²) in [4.78, 5) is 13.8. The van der Waals surface area contributed by atoms with Crippen molar-refractivity contribution in [1.29, 1.82) is 0 Å². The van der Waals surface area contributed by atoms with Gasteiger partial charge in [-0.05, 0) is 45.6 Å². The monoisotopic (exact) mass is 293 g/mol. The van der Waals surface area contributed by atoms with Gasteiger partial charge in [0, 0.05) is 18.6 Å². The third-order valence-corrected chi connectivity index (χ3v) is 3.17. The van der Waals surface area contributed by atoms with Gasteiger partial charge in [0.2, 0.25) is 5.91 Å². The normalized spacial score (nSPS) is 12.5. The molecular formula is C16H27N3O2. The number of methoxy groups -OCH3 is 1. The Hall–Kier alpha value is -1.59. The molecule has 0 heterocycles. The lowest BCUT2D eigenvalue weighted by atomic mass is 10.1. The number of hydrogen-bond acceptors (Lipinski definition) is 4. The molecule has 0 fully saturated rings. The second kappa shape index (κ2) is 8.64. The molecule has 1 amide bonds. The summed E-state index contributed by atoms with van der Waals surface area (Å²) in [6.07, 6.45) is 0. The fraction of sp³-hybridized carbons (Fsp3) is 0.562. The molecular weight excluding hydrogens is 266 g/mol. The Morgan fingerprint density at radius 1 is 1.33 bits per heavy atom. The highest BCUT2D eigenvalue weighted by Gasteiger charge is 2.15. The van der Waals surface area contributed by atoms with Gasteiger partial charge in [0.25, 0.3) is 0 Å². The van der Waals surface area contributed by atoms with Gasteiger partial charge in [0.05, 0.1) is 13.7 Å². The smallest absolute Gasteiger partial charge is 0.234 e. The highest BCUT2D eigenvalue weighted by molar-refractivity contribution is 5.78. The van der Waals surface area contributed by atoms with Gasteiger partial charge < -0.3 is 20.3 Å². The van der Waals surface area contributed by atoms with Crippen LogP contribution in [0.2, 0.25) is 0 Å². The van der Waals surface area contributed by atoms with Gasteiger partial charge in [0.15, 0.2) is 0 Å². The van der Waals surface area contributed by atoms with Crippen molar-refractivity contribution in [1.82, 2.24) is 15.5 Å². The molecule has 1 unspecified atom stereocenters. The molecule has 1 rings (SSSR count). The van der Waals surface area contributed by atoms with Crippen LogP contribution in [0.25, 0.3) is 0 Å². The van der Waals surface area contributed by atoms with Crippen LogP contribution in [0, 0.1) is 0 Å². The Kier molecular flexibility index (Phi) is 7.19. The molecule has 1 aromatic rings. The molecule has 2 N–H and O–H groups in total. The Morgan fingerprint density at radius 3 is 2.62 bits per heavy atom. The van der Waals surface area contributed by atoms with Crippen molar-refractivity contribution in [3.05, 3.63) is 29.8 Å². The first kappa shape index (κ1) is 17.5. The molecule has 118 valence electrons. The zero-order valence-electron chi connectivity index (χ0n) is 13.6. The van der Waals surface area contributed by atoms with Crippen LogP contribution in [0.5, 0.6) is 5.75 Å². The van der Waals surface area contributed by atoms with Crippen molar-refractivity contribution < 1.29 is 9.53 Å². The number of amides is 1. The van der Waals surface area contributed by atoms with Gasteiger partial charge in [0.1, 0.15) is 5.75 Å². The lowest BCUT2D eigenvalue weighted by Crippen LogP contribution is -2.40. The van der Waals surface area contributed by atoms with Crippen LogP contribution in [0.15, 0.2) is 24.3 Å². The SMILES string of the molecule is COc1cccc(C(CNCC(=O)NC(C)C)N(C)C)c1. The summed E-state index contributed by atoms with van der Waals surface area (Å²) >= 11 is 0. The zero-order chi connectivity index (χ0) is 15.8. The Morgan fingerprint density at radius 2 is 2.05 bits per heavy atom. The van der Waals surface area contributed by atoms with Crippen LogP contribution >= 0.6 is 0 Å². The zero-order valence-corrected chi connectivity index (χ0v) is 13.6. The Bertz CT molecular complexity index is 447. The second-order valence-corrected chi connectivity index (χ2v) is 5.61. The molecule has 0 spiro atoms. The molecule has 0 radical (unpaired) electrons. The predicted molar refractivity (Wildman–Crippen MR) is 85.6 cm³/mol. The van der Waals surface area contributed by atoms with Crippen LogP contribution in [0.4, 0.5) is 0 Å². The van der Waals surface area contributed by atoms with Crippen molar-refractivity contribution in [2.24, 2.45) is 0 Å². The summed E-state index contributed by atoms with van der Waals surface area (Å²) < 4.78 is 5.27. The Balaban J connectivity index is 2.60. The van der Waals surface area contributed by atoms with E-state index in [1.165, 1.54) is 0 Å². The van der Waals surface area contributed by atoms with Crippen LogP contribution in [0.1, 0.15) is 25.5 Å². The topological polar surface area (TPSA) is 53.6 Å². The first-order valence-electron chi connectivity index (χ1n) is 7.24. The number of ether oxygens (including phenoxy) is 1. The molecule has 21 heavy (non-hydrogen) atoms. The fourth-order valence-electron chi connectivity index (χ4n) is 2.14. The quantitative estimate of drug-likeness (QED) is 0.761. The van der Waals surface area contributed by atoms with E-state index in [9.17, 15) is 4.79 Å². The maximum absolute atomic E-state index is 11.6. The van der Waals surface area contributed by atoms with Crippen LogP contribution in [-0.4, -0.2) is 51.1 Å². The van der Waals surface area contributed by atoms with E-state index in [4.69, 9.17) is 4.74 Å². The maximum atomic E-state index is 11.6. The molecule has 5 heteroatoms. The number of hydrogen-bond donors (Lipinski definition) is 2. The van der Waals surface area contributed by atoms with Gasteiger partial charge in [-0.1, -0.05) is 12.1 Å². The van der Waals surface area contributed by atoms with Crippen molar-refractivity contribution in [3.8, 4) is 5.75 Å². The summed E-state index contributed by atoms with van der Waals surface area (Å²) in [7, 11) is 5.72. The van der Waals surface area contributed by atoms with Crippen molar-refractivity contribution >= 4 is 5.91 Å². The summed E-state index contributed by atoms with van der Waals surface area (Å²) in [5, 5.41) is 6.08. The maximum Gasteiger partial charge on any atom is 0.234 e. The number of carbonyl (C=O) groups excluding carboxylic acids is 1. The predicted octanol–water partition coefficient (Wildman–Crippen LogP) is 1.41. The standard InChI is InChI=1S/C16H27N3O2/c1-12(2)18-16(20)11-17-10-15(19(3)4)13-7-6-8-14(9-13)21-5/h6-9,12,15,17H,10-11H2,1-5H3,(H,18,20). The number of rotatable bonds is 8. The summed E-state index contributed by atoms with van der Waals surface area (Å²) in [6.45, 7) is 4.94. The van der Waals surface area contributed by atoms with E-state index >= 15 is 0 Å². The first-order chi connectivity index (χ1) is 9.93. The fourth-order valence-corrected chi connectivity index (χ4v) is 2.14. The summed E-state index contributed by atoms with van der Waals surface area (Å²) in [5.74, 6) is 0.866. The van der Waals surface area contributed by atoms with Gasteiger partial charge in [-0.3, -0.25) is 4.79 Å². The van der Waals surface area contributed by atoms with E-state index < -0.39 is 0 Å². The molecule has 0 saturated carbocycles. The molecule has 0 saturated heterocycles. The number of nitrogens with one attached hydrogen (secondary N) is 2. The van der Waals surface area contributed by atoms with E-state index in [-0.39, 0.29) is 18.0 Å². The van der Waals surface area contributed by atoms with E-state index in [0.29, 0.717) is 13.1 Å². The molecule has 0 aromatic heterocycles. The number of likely N-dealkylation sites (N-methyl/N-ethyl adjacent to an activating group) is 1. The van der Waals surface area contributed by atoms with E-state index in [1.54, 1.807) is 7.11 Å². The number of carbonyl (C=O) groups is 1. The average molecular weight is 293 g/mol. The largest absolute Gasteiger partial charge is 0.497 e. The van der Waals surface area contributed by atoms with Crippen molar-refractivity contribution in [3.63, 3.8) is 0 Å². The third-order valence-electron chi connectivity index (χ3n) is 3.17. The average Bonchev–Trinajstić information content (AvgIpc) is 2.42. The minimum atomic E-state index is 0.0214. The molecule has 1 atom stereocenters. The first-order valence-corrected chi connectivity index (χ1v) is 7.24. The van der Waals surface area contributed by atoms with E-state index in [2.05, 4.69) is 21.6 Å². The minimum Gasteiger partial charge on any atom is -0.497 e. The van der Waals surface area contributed by atoms with Crippen molar-refractivity contribution in [2.45, 2.75) is 25.9 Å². The molecule has 0 aliphatic rings. The van der Waals surface area contributed by atoms with Gasteiger partial charge in [-0.2, -0.15) is 0 Å². The van der Waals surface area contributed by atoms with E-state index in [0.717, 1.165) is 11.3 Å². The Labute approximate surface area is 127 Å². The molecule has 1 aromatic carbocycles. The van der Waals surface area contributed by atoms with E-state index in [1.807, 2.05) is 46.1 Å². The highest BCUT2D eigenvalue weighted by Crippen LogP contribution is 2.21. The molecule has 5 nitrogen and oxygen atoms in total. The lowest BCUT2D eigenvalue weighted by molar-refractivity contribution is -0.120. The van der Waals surface area contributed by atoms with Gasteiger partial charge in [-0.15, -0.1) is 0 Å². The highest BCUT2D eigenvalue weighted by atomic mass is 16.5. The number of benzene rings is 1. The summed E-state index contributed by atoms with van der Waals surface area (Å²) in [6, 6.07) is 8.37. The van der Waals surface area contributed by atoms with Gasteiger partial charge >= 0.3 is 0 Å². The van der Waals surface area contributed by atoms with Crippen LogP contribution in [-0.2, 0) is 4.79 Å². The lowest BCUT2D eigenvalue weighted by Gasteiger charge is -2.25. The third kappa shape index (κ3) is 6.14. The molecule has 0 aliphatic heterocycles. The number of nitrogens with zero attached hydrogens (tertiary/aromatic N) is 1. The second-order valence-electron chi connectivity index (χ2n) is 5.61.